The molecule has 0 fully saturated rings. The highest BCUT2D eigenvalue weighted by Gasteiger charge is 2.11. The lowest BCUT2D eigenvalue weighted by atomic mass is 10.2. The second kappa shape index (κ2) is 5.14. The standard InChI is InChI=1S/C9H10ClF2NO2/c10-3-6(15)4-13-9-7(11)1-5(14)2-8(9)12/h1-2,6,13-15H,3-4H2. The Bertz CT molecular complexity index is 326. The Hall–Kier alpha value is -1.07. The predicted octanol–water partition coefficient (Wildman–Crippen LogP) is 1.68. The van der Waals surface area contributed by atoms with Gasteiger partial charge >= 0.3 is 0 Å². The van der Waals surface area contributed by atoms with E-state index in [1.165, 1.54) is 0 Å². The molecule has 1 atom stereocenters. The lowest BCUT2D eigenvalue weighted by molar-refractivity contribution is 0.211. The van der Waals surface area contributed by atoms with Crippen molar-refractivity contribution in [1.29, 1.82) is 0 Å². The van der Waals surface area contributed by atoms with E-state index in [9.17, 15) is 8.78 Å². The minimum atomic E-state index is -0.922. The van der Waals surface area contributed by atoms with Gasteiger partial charge in [-0.05, 0) is 0 Å². The summed E-state index contributed by atoms with van der Waals surface area (Å²) in [4.78, 5) is 0. The lowest BCUT2D eigenvalue weighted by Crippen LogP contribution is -2.21. The third kappa shape index (κ3) is 3.21. The second-order valence-electron chi connectivity index (χ2n) is 2.97. The van der Waals surface area contributed by atoms with E-state index >= 15 is 0 Å². The zero-order valence-electron chi connectivity index (χ0n) is 7.67. The fourth-order valence-corrected chi connectivity index (χ4v) is 1.11. The number of phenols is 1. The molecule has 3 nitrogen and oxygen atoms in total. The fraction of sp³-hybridized carbons (Fsp3) is 0.333. The summed E-state index contributed by atoms with van der Waals surface area (Å²) < 4.78 is 26.2. The lowest BCUT2D eigenvalue weighted by Gasteiger charge is -2.11. The van der Waals surface area contributed by atoms with Crippen LogP contribution in [0.4, 0.5) is 14.5 Å². The van der Waals surface area contributed by atoms with Gasteiger partial charge in [-0.25, -0.2) is 8.78 Å². The molecule has 0 aliphatic heterocycles. The minimum Gasteiger partial charge on any atom is -0.508 e. The number of benzene rings is 1. The fourth-order valence-electron chi connectivity index (χ4n) is 1.00. The molecule has 0 aliphatic carbocycles. The van der Waals surface area contributed by atoms with E-state index in [1.807, 2.05) is 0 Å². The van der Waals surface area contributed by atoms with Crippen LogP contribution in [-0.2, 0) is 0 Å². The van der Waals surface area contributed by atoms with Gasteiger partial charge in [0.05, 0.1) is 12.0 Å². The van der Waals surface area contributed by atoms with E-state index in [2.05, 4.69) is 5.32 Å². The van der Waals surface area contributed by atoms with Crippen molar-refractivity contribution in [3.63, 3.8) is 0 Å². The molecule has 0 bridgehead atoms. The maximum Gasteiger partial charge on any atom is 0.152 e. The van der Waals surface area contributed by atoms with Crippen LogP contribution in [-0.4, -0.2) is 28.7 Å². The van der Waals surface area contributed by atoms with Crippen molar-refractivity contribution in [2.45, 2.75) is 6.10 Å². The highest BCUT2D eigenvalue weighted by molar-refractivity contribution is 6.18. The van der Waals surface area contributed by atoms with Crippen LogP contribution >= 0.6 is 11.6 Å². The van der Waals surface area contributed by atoms with Gasteiger partial charge in [0.1, 0.15) is 11.4 Å². The van der Waals surface area contributed by atoms with Crippen LogP contribution in [0.1, 0.15) is 0 Å². The van der Waals surface area contributed by atoms with Crippen molar-refractivity contribution in [2.24, 2.45) is 0 Å². The number of hydrogen-bond acceptors (Lipinski definition) is 3. The number of nitrogens with one attached hydrogen (secondary N) is 1. The van der Waals surface area contributed by atoms with Crippen LogP contribution in [0.3, 0.4) is 0 Å². The number of alkyl halides is 1. The SMILES string of the molecule is Oc1cc(F)c(NCC(O)CCl)c(F)c1. The molecule has 0 amide bonds. The first kappa shape index (κ1) is 12.0. The molecule has 1 aromatic rings. The molecule has 1 aromatic carbocycles. The smallest absolute Gasteiger partial charge is 0.152 e. The molecule has 3 N–H and O–H groups in total. The minimum absolute atomic E-state index is 0.0334. The van der Waals surface area contributed by atoms with E-state index in [-0.39, 0.29) is 12.4 Å². The van der Waals surface area contributed by atoms with E-state index in [4.69, 9.17) is 21.8 Å². The summed E-state index contributed by atoms with van der Waals surface area (Å²) in [6.07, 6.45) is -0.890. The normalized spacial score (nSPS) is 12.5. The van der Waals surface area contributed by atoms with E-state index in [0.717, 1.165) is 12.1 Å². The number of rotatable bonds is 4. The highest BCUT2D eigenvalue weighted by atomic mass is 35.5. The average Bonchev–Trinajstić information content (AvgIpc) is 2.15. The van der Waals surface area contributed by atoms with E-state index < -0.39 is 29.2 Å². The van der Waals surface area contributed by atoms with Crippen molar-refractivity contribution in [3.8, 4) is 5.75 Å². The van der Waals surface area contributed by atoms with Gasteiger partial charge in [0.2, 0.25) is 0 Å². The summed E-state index contributed by atoms with van der Waals surface area (Å²) in [6.45, 7) is -0.0673. The molecule has 0 spiro atoms. The quantitative estimate of drug-likeness (QED) is 0.552. The Morgan fingerprint density at radius 3 is 2.33 bits per heavy atom. The van der Waals surface area contributed by atoms with Gasteiger partial charge in [0, 0.05) is 18.7 Å². The van der Waals surface area contributed by atoms with Crippen LogP contribution in [0.15, 0.2) is 12.1 Å². The number of halogens is 3. The highest BCUT2D eigenvalue weighted by Crippen LogP contribution is 2.23. The third-order valence-electron chi connectivity index (χ3n) is 1.72. The summed E-state index contributed by atoms with van der Waals surface area (Å²) >= 11 is 5.31. The van der Waals surface area contributed by atoms with Gasteiger partial charge in [-0.2, -0.15) is 0 Å². The number of hydrogen-bond donors (Lipinski definition) is 3. The molecule has 0 saturated carbocycles. The first-order valence-corrected chi connectivity index (χ1v) is 4.74. The molecule has 0 heterocycles. The first-order valence-electron chi connectivity index (χ1n) is 4.20. The number of aliphatic hydroxyl groups is 1. The summed E-state index contributed by atoms with van der Waals surface area (Å²) in [5.41, 5.74) is -0.392. The van der Waals surface area contributed by atoms with Crippen LogP contribution < -0.4 is 5.32 Å². The molecule has 15 heavy (non-hydrogen) atoms. The third-order valence-corrected chi connectivity index (χ3v) is 2.08. The zero-order chi connectivity index (χ0) is 11.4. The van der Waals surface area contributed by atoms with Crippen LogP contribution in [0.2, 0.25) is 0 Å². The Morgan fingerprint density at radius 1 is 1.33 bits per heavy atom. The van der Waals surface area contributed by atoms with Gasteiger partial charge in [0.15, 0.2) is 11.6 Å². The van der Waals surface area contributed by atoms with Crippen LogP contribution in [0, 0.1) is 11.6 Å². The zero-order valence-corrected chi connectivity index (χ0v) is 8.43. The molecule has 0 saturated heterocycles. The van der Waals surface area contributed by atoms with Gasteiger partial charge in [-0.15, -0.1) is 11.6 Å². The van der Waals surface area contributed by atoms with Crippen molar-refractivity contribution in [1.82, 2.24) is 0 Å². The molecular formula is C9H10ClF2NO2. The second-order valence-corrected chi connectivity index (χ2v) is 3.28. The molecule has 6 heteroatoms. The summed E-state index contributed by atoms with van der Waals surface area (Å²) in [5.74, 6) is -2.37. The van der Waals surface area contributed by atoms with Crippen molar-refractivity contribution in [2.75, 3.05) is 17.7 Å². The monoisotopic (exact) mass is 237 g/mol. The Morgan fingerprint density at radius 2 is 1.87 bits per heavy atom. The molecule has 0 aliphatic rings. The molecular weight excluding hydrogens is 228 g/mol. The topological polar surface area (TPSA) is 52.5 Å². The number of phenolic OH excluding ortho intramolecular Hbond substituents is 1. The summed E-state index contributed by atoms with van der Waals surface area (Å²) in [6, 6.07) is 1.55. The summed E-state index contributed by atoms with van der Waals surface area (Å²) in [5, 5.41) is 20.3. The van der Waals surface area contributed by atoms with Crippen molar-refractivity contribution < 1.29 is 19.0 Å². The maximum atomic E-state index is 13.1. The summed E-state index contributed by atoms with van der Waals surface area (Å²) in [7, 11) is 0. The number of anilines is 1. The molecule has 0 radical (unpaired) electrons. The Balaban J connectivity index is 2.77. The van der Waals surface area contributed by atoms with Crippen molar-refractivity contribution >= 4 is 17.3 Å². The Kier molecular flexibility index (Phi) is 4.11. The Labute approximate surface area is 90.3 Å². The molecule has 84 valence electrons. The maximum absolute atomic E-state index is 13.1. The number of aliphatic hydroxyl groups excluding tert-OH is 1. The van der Waals surface area contributed by atoms with Gasteiger partial charge < -0.3 is 15.5 Å². The van der Waals surface area contributed by atoms with Gasteiger partial charge in [0.25, 0.3) is 0 Å². The van der Waals surface area contributed by atoms with Crippen molar-refractivity contribution in [3.05, 3.63) is 23.8 Å². The van der Waals surface area contributed by atoms with Crippen LogP contribution in [0.5, 0.6) is 5.75 Å². The average molecular weight is 238 g/mol. The molecule has 0 aromatic heterocycles. The molecule has 1 unspecified atom stereocenters. The van der Waals surface area contributed by atoms with E-state index in [0.29, 0.717) is 0 Å². The molecule has 1 rings (SSSR count). The predicted molar refractivity (Wildman–Crippen MR) is 53.2 cm³/mol. The van der Waals surface area contributed by atoms with Gasteiger partial charge in [-0.3, -0.25) is 0 Å². The first-order chi connectivity index (χ1) is 7.04. The number of aromatic hydroxyl groups is 1. The largest absolute Gasteiger partial charge is 0.508 e. The van der Waals surface area contributed by atoms with E-state index in [1.54, 1.807) is 0 Å². The van der Waals surface area contributed by atoms with Gasteiger partial charge in [-0.1, -0.05) is 0 Å². The van der Waals surface area contributed by atoms with Crippen LogP contribution in [0.25, 0.3) is 0 Å².